The number of nitrogens with zero attached hydrogens (tertiary/aromatic N) is 1. The van der Waals surface area contributed by atoms with E-state index in [0.717, 1.165) is 31.6 Å². The Hall–Kier alpha value is -0.930. The van der Waals surface area contributed by atoms with E-state index >= 15 is 0 Å². The van der Waals surface area contributed by atoms with Crippen LogP contribution in [0.5, 0.6) is 0 Å². The lowest BCUT2D eigenvalue weighted by molar-refractivity contribution is 0.117. The minimum Gasteiger partial charge on any atom is -0.314 e. The van der Waals surface area contributed by atoms with Crippen LogP contribution in [0.4, 0.5) is 4.39 Å². The van der Waals surface area contributed by atoms with Crippen LogP contribution in [0, 0.1) is 11.7 Å². The Labute approximate surface area is 128 Å². The number of rotatable bonds is 6. The molecule has 0 aromatic heterocycles. The molecular formula is C18H29FN2. The lowest BCUT2D eigenvalue weighted by Gasteiger charge is -2.38. The zero-order valence-electron chi connectivity index (χ0n) is 13.6. The predicted molar refractivity (Wildman–Crippen MR) is 86.9 cm³/mol. The van der Waals surface area contributed by atoms with E-state index in [2.05, 4.69) is 37.1 Å². The Morgan fingerprint density at radius 2 is 2.19 bits per heavy atom. The van der Waals surface area contributed by atoms with Crippen molar-refractivity contribution in [3.05, 3.63) is 35.6 Å². The molecule has 2 atom stereocenters. The third-order valence-electron chi connectivity index (χ3n) is 4.43. The molecule has 1 aromatic rings. The van der Waals surface area contributed by atoms with Crippen LogP contribution in [0.25, 0.3) is 0 Å². The summed E-state index contributed by atoms with van der Waals surface area (Å²) < 4.78 is 13.5. The molecule has 0 spiro atoms. The Morgan fingerprint density at radius 1 is 1.38 bits per heavy atom. The summed E-state index contributed by atoms with van der Waals surface area (Å²) in [7, 11) is 0. The quantitative estimate of drug-likeness (QED) is 0.853. The minimum absolute atomic E-state index is 0.124. The lowest BCUT2D eigenvalue weighted by Crippen LogP contribution is -2.42. The van der Waals surface area contributed by atoms with E-state index in [0.29, 0.717) is 18.0 Å². The predicted octanol–water partition coefficient (Wildman–Crippen LogP) is 3.99. The van der Waals surface area contributed by atoms with Crippen LogP contribution in [0.2, 0.25) is 0 Å². The number of likely N-dealkylation sites (tertiary alicyclic amines) is 1. The minimum atomic E-state index is -0.124. The largest absolute Gasteiger partial charge is 0.314 e. The number of hydrogen-bond acceptors (Lipinski definition) is 2. The third-order valence-corrected chi connectivity index (χ3v) is 4.43. The van der Waals surface area contributed by atoms with Gasteiger partial charge in [0, 0.05) is 18.6 Å². The second-order valence-electron chi connectivity index (χ2n) is 6.55. The topological polar surface area (TPSA) is 15.3 Å². The van der Waals surface area contributed by atoms with Crippen LogP contribution < -0.4 is 5.32 Å². The molecule has 1 aliphatic rings. The van der Waals surface area contributed by atoms with E-state index in [1.165, 1.54) is 18.9 Å². The summed E-state index contributed by atoms with van der Waals surface area (Å²) >= 11 is 0. The highest BCUT2D eigenvalue weighted by atomic mass is 19.1. The van der Waals surface area contributed by atoms with Crippen LogP contribution in [-0.4, -0.2) is 30.6 Å². The van der Waals surface area contributed by atoms with Gasteiger partial charge in [-0.3, -0.25) is 4.90 Å². The van der Waals surface area contributed by atoms with Crippen molar-refractivity contribution in [2.45, 2.75) is 52.1 Å². The lowest BCUT2D eigenvalue weighted by atomic mass is 9.93. The highest BCUT2D eigenvalue weighted by Gasteiger charge is 2.26. The van der Waals surface area contributed by atoms with Gasteiger partial charge in [-0.1, -0.05) is 32.9 Å². The van der Waals surface area contributed by atoms with Gasteiger partial charge >= 0.3 is 0 Å². The molecule has 21 heavy (non-hydrogen) atoms. The van der Waals surface area contributed by atoms with Gasteiger partial charge in [-0.05, 0) is 56.0 Å². The molecule has 2 rings (SSSR count). The van der Waals surface area contributed by atoms with Crippen molar-refractivity contribution in [1.82, 2.24) is 10.2 Å². The Bertz CT molecular complexity index is 433. The first-order valence-electron chi connectivity index (χ1n) is 8.33. The van der Waals surface area contributed by atoms with Gasteiger partial charge in [0.25, 0.3) is 0 Å². The summed E-state index contributed by atoms with van der Waals surface area (Å²) in [6.07, 6.45) is 3.58. The molecule has 1 aliphatic heterocycles. The molecule has 1 heterocycles. The normalized spacial score (nSPS) is 21.7. The van der Waals surface area contributed by atoms with Crippen molar-refractivity contribution >= 4 is 0 Å². The number of piperidine rings is 1. The van der Waals surface area contributed by atoms with Crippen LogP contribution in [0.15, 0.2) is 24.3 Å². The fourth-order valence-corrected chi connectivity index (χ4v) is 3.37. The molecule has 1 saturated heterocycles. The standard InChI is InChI=1S/C18H29FN2/c1-4-18(16-8-5-9-17(19)11-16)21-10-6-7-15(13-21)12-20-14(2)3/h5,8-9,11,14-15,18,20H,4,6-7,10,12-13H2,1-3H3. The number of halogens is 1. The molecule has 1 fully saturated rings. The van der Waals surface area contributed by atoms with Gasteiger partial charge in [0.05, 0.1) is 0 Å². The summed E-state index contributed by atoms with van der Waals surface area (Å²) in [5.74, 6) is 0.588. The van der Waals surface area contributed by atoms with Crippen molar-refractivity contribution in [3.63, 3.8) is 0 Å². The van der Waals surface area contributed by atoms with Crippen LogP contribution in [0.1, 0.15) is 51.6 Å². The zero-order valence-corrected chi connectivity index (χ0v) is 13.6. The Kier molecular flexibility index (Phi) is 6.19. The van der Waals surface area contributed by atoms with Crippen molar-refractivity contribution in [2.24, 2.45) is 5.92 Å². The molecule has 0 aliphatic carbocycles. The SMILES string of the molecule is CCC(c1cccc(F)c1)N1CCCC(CNC(C)C)C1. The summed E-state index contributed by atoms with van der Waals surface area (Å²) in [4.78, 5) is 2.55. The summed E-state index contributed by atoms with van der Waals surface area (Å²) in [5, 5.41) is 3.55. The number of nitrogens with one attached hydrogen (secondary N) is 1. The first-order chi connectivity index (χ1) is 10.1. The summed E-state index contributed by atoms with van der Waals surface area (Å²) in [6, 6.07) is 8.02. The first kappa shape index (κ1) is 16.4. The molecule has 0 bridgehead atoms. The van der Waals surface area contributed by atoms with E-state index in [9.17, 15) is 4.39 Å². The van der Waals surface area contributed by atoms with Crippen molar-refractivity contribution in [2.75, 3.05) is 19.6 Å². The van der Waals surface area contributed by atoms with Crippen molar-refractivity contribution < 1.29 is 4.39 Å². The monoisotopic (exact) mass is 292 g/mol. The first-order valence-corrected chi connectivity index (χ1v) is 8.33. The van der Waals surface area contributed by atoms with Crippen LogP contribution >= 0.6 is 0 Å². The molecule has 0 amide bonds. The average Bonchev–Trinajstić information content (AvgIpc) is 2.46. The van der Waals surface area contributed by atoms with Crippen molar-refractivity contribution in [3.8, 4) is 0 Å². The highest BCUT2D eigenvalue weighted by Crippen LogP contribution is 2.29. The molecule has 3 heteroatoms. The maximum atomic E-state index is 13.5. The Balaban J connectivity index is 2.00. The van der Waals surface area contributed by atoms with E-state index in [4.69, 9.17) is 0 Å². The van der Waals surface area contributed by atoms with Gasteiger partial charge in [-0.15, -0.1) is 0 Å². The summed E-state index contributed by atoms with van der Waals surface area (Å²) in [5.41, 5.74) is 1.12. The van der Waals surface area contributed by atoms with E-state index < -0.39 is 0 Å². The molecule has 118 valence electrons. The molecule has 1 N–H and O–H groups in total. The van der Waals surface area contributed by atoms with Gasteiger partial charge in [-0.2, -0.15) is 0 Å². The van der Waals surface area contributed by atoms with Crippen LogP contribution in [0.3, 0.4) is 0 Å². The molecule has 2 unspecified atom stereocenters. The Morgan fingerprint density at radius 3 is 2.86 bits per heavy atom. The molecule has 0 saturated carbocycles. The van der Waals surface area contributed by atoms with Crippen molar-refractivity contribution in [1.29, 1.82) is 0 Å². The van der Waals surface area contributed by atoms with Gasteiger partial charge in [-0.25, -0.2) is 4.39 Å². The zero-order chi connectivity index (χ0) is 15.2. The second-order valence-corrected chi connectivity index (χ2v) is 6.55. The van der Waals surface area contributed by atoms with Gasteiger partial charge in [0.1, 0.15) is 5.82 Å². The molecule has 0 radical (unpaired) electrons. The van der Waals surface area contributed by atoms with Gasteiger partial charge in [0.15, 0.2) is 0 Å². The average molecular weight is 292 g/mol. The fourth-order valence-electron chi connectivity index (χ4n) is 3.37. The maximum Gasteiger partial charge on any atom is 0.123 e. The number of benzene rings is 1. The van der Waals surface area contributed by atoms with Gasteiger partial charge < -0.3 is 5.32 Å². The van der Waals surface area contributed by atoms with E-state index in [1.807, 2.05) is 6.07 Å². The highest BCUT2D eigenvalue weighted by molar-refractivity contribution is 5.20. The third kappa shape index (κ3) is 4.79. The fraction of sp³-hybridized carbons (Fsp3) is 0.667. The van der Waals surface area contributed by atoms with E-state index in [1.54, 1.807) is 6.07 Å². The van der Waals surface area contributed by atoms with Gasteiger partial charge in [0.2, 0.25) is 0 Å². The maximum absolute atomic E-state index is 13.5. The molecular weight excluding hydrogens is 263 g/mol. The second kappa shape index (κ2) is 7.90. The van der Waals surface area contributed by atoms with E-state index in [-0.39, 0.29) is 5.82 Å². The molecule has 2 nitrogen and oxygen atoms in total. The number of hydrogen-bond donors (Lipinski definition) is 1. The van der Waals surface area contributed by atoms with Crippen LogP contribution in [-0.2, 0) is 0 Å². The molecule has 1 aromatic carbocycles. The summed E-state index contributed by atoms with van der Waals surface area (Å²) in [6.45, 7) is 9.94. The smallest absolute Gasteiger partial charge is 0.123 e.